The molecule has 6 aromatic rings. The summed E-state index contributed by atoms with van der Waals surface area (Å²) in [6.45, 7) is 0. The van der Waals surface area contributed by atoms with Gasteiger partial charge in [-0.15, -0.1) is 0 Å². The van der Waals surface area contributed by atoms with Crippen molar-refractivity contribution in [3.05, 3.63) is 137 Å². The van der Waals surface area contributed by atoms with Gasteiger partial charge in [0.2, 0.25) is 0 Å². The molecule has 6 rings (SSSR count). The van der Waals surface area contributed by atoms with E-state index in [2.05, 4.69) is 20.6 Å². The first-order chi connectivity index (χ1) is 20.3. The molecule has 42 heavy (non-hydrogen) atoms. The van der Waals surface area contributed by atoms with Crippen LogP contribution in [-0.4, -0.2) is 30.7 Å². The molecule has 0 radical (unpaired) electrons. The molecule has 1 unspecified atom stereocenters. The summed E-state index contributed by atoms with van der Waals surface area (Å²) in [5, 5.41) is 19.9. The van der Waals surface area contributed by atoms with Crippen LogP contribution in [0, 0.1) is 0 Å². The minimum atomic E-state index is -1.56. The van der Waals surface area contributed by atoms with Crippen LogP contribution in [0.2, 0.25) is 10.0 Å². The Morgan fingerprint density at radius 3 is 2.38 bits per heavy atom. The van der Waals surface area contributed by atoms with Gasteiger partial charge in [-0.3, -0.25) is 10.3 Å². The van der Waals surface area contributed by atoms with Gasteiger partial charge in [0, 0.05) is 28.7 Å². The van der Waals surface area contributed by atoms with E-state index in [4.69, 9.17) is 28.2 Å². The predicted octanol–water partition coefficient (Wildman–Crippen LogP) is 7.27. The maximum Gasteiger partial charge on any atom is 0.324 e. The van der Waals surface area contributed by atoms with Crippen LogP contribution in [0.5, 0.6) is 0 Å². The Morgan fingerprint density at radius 1 is 0.857 bits per heavy atom. The van der Waals surface area contributed by atoms with Gasteiger partial charge >= 0.3 is 6.03 Å². The van der Waals surface area contributed by atoms with Gasteiger partial charge in [-0.25, -0.2) is 14.8 Å². The van der Waals surface area contributed by atoms with E-state index in [-0.39, 0.29) is 0 Å². The van der Waals surface area contributed by atoms with Gasteiger partial charge in [-0.05, 0) is 76.9 Å². The van der Waals surface area contributed by atoms with Gasteiger partial charge in [0.25, 0.3) is 0 Å². The van der Waals surface area contributed by atoms with Gasteiger partial charge in [-0.1, -0.05) is 53.5 Å². The Morgan fingerprint density at radius 2 is 1.67 bits per heavy atom. The number of aromatic nitrogens is 4. The standard InChI is InChI=1S/C32H24Cl2N6O2/c1-40-19-36-18-29(40)32(42,21-7-10-23(33)11-8-21)22-9-12-28-27(15-22)26(20-4-2-5-24(34)14-20)16-30(38-28)39-31(41)37-25-6-3-13-35-17-25/h2-19,42H,1H3,(H2,37,38,39,41). The van der Waals surface area contributed by atoms with Crippen molar-refractivity contribution in [2.45, 2.75) is 5.60 Å². The lowest BCUT2D eigenvalue weighted by Crippen LogP contribution is -2.31. The van der Waals surface area contributed by atoms with Crippen LogP contribution in [0.4, 0.5) is 16.3 Å². The monoisotopic (exact) mass is 594 g/mol. The van der Waals surface area contributed by atoms with Crippen LogP contribution in [0.1, 0.15) is 16.8 Å². The SMILES string of the molecule is Cn1cncc1C(O)(c1ccc(Cl)cc1)c1ccc2nc(NC(=O)Nc3cccnc3)cc(-c3cccc(Cl)c3)c2c1. The number of benzene rings is 3. The fraction of sp³-hybridized carbons (Fsp3) is 0.0625. The molecule has 0 aliphatic heterocycles. The van der Waals surface area contributed by atoms with Crippen molar-refractivity contribution < 1.29 is 9.90 Å². The Kier molecular flexibility index (Phi) is 7.34. The van der Waals surface area contributed by atoms with E-state index < -0.39 is 11.6 Å². The van der Waals surface area contributed by atoms with E-state index in [0.717, 1.165) is 16.5 Å². The number of aryl methyl sites for hydroxylation is 1. The highest BCUT2D eigenvalue weighted by Gasteiger charge is 2.37. The van der Waals surface area contributed by atoms with Crippen molar-refractivity contribution in [2.75, 3.05) is 10.6 Å². The molecule has 3 heterocycles. The normalized spacial score (nSPS) is 12.6. The first kappa shape index (κ1) is 27.4. The molecular formula is C32H24Cl2N6O2. The lowest BCUT2D eigenvalue weighted by molar-refractivity contribution is 0.117. The molecule has 0 aliphatic rings. The molecule has 8 nitrogen and oxygen atoms in total. The van der Waals surface area contributed by atoms with Gasteiger partial charge in [0.1, 0.15) is 5.82 Å². The maximum absolute atomic E-state index is 12.8. The lowest BCUT2D eigenvalue weighted by Gasteiger charge is -2.30. The van der Waals surface area contributed by atoms with Crippen LogP contribution in [-0.2, 0) is 12.6 Å². The van der Waals surface area contributed by atoms with E-state index in [1.54, 1.807) is 78.0 Å². The molecule has 0 spiro atoms. The summed E-state index contributed by atoms with van der Waals surface area (Å²) in [4.78, 5) is 25.8. The first-order valence-corrected chi connectivity index (χ1v) is 13.7. The van der Waals surface area contributed by atoms with E-state index in [1.807, 2.05) is 43.4 Å². The van der Waals surface area contributed by atoms with Crippen molar-refractivity contribution in [2.24, 2.45) is 7.05 Å². The minimum absolute atomic E-state index is 0.339. The third-order valence-electron chi connectivity index (χ3n) is 6.97. The smallest absolute Gasteiger partial charge is 0.324 e. The third kappa shape index (κ3) is 5.31. The molecule has 0 aliphatic carbocycles. The number of fused-ring (bicyclic) bond motifs is 1. The van der Waals surface area contributed by atoms with Crippen LogP contribution in [0.25, 0.3) is 22.0 Å². The van der Waals surface area contributed by atoms with Crippen molar-refractivity contribution in [3.63, 3.8) is 0 Å². The number of carbonyl (C=O) groups is 1. The first-order valence-electron chi connectivity index (χ1n) is 13.0. The summed E-state index contributed by atoms with van der Waals surface area (Å²) >= 11 is 12.6. The average molecular weight is 595 g/mol. The summed E-state index contributed by atoms with van der Waals surface area (Å²) in [5.74, 6) is 0.339. The van der Waals surface area contributed by atoms with Crippen LogP contribution >= 0.6 is 23.2 Å². The summed E-state index contributed by atoms with van der Waals surface area (Å²) in [7, 11) is 1.83. The second-order valence-corrected chi connectivity index (χ2v) is 10.6. The molecular weight excluding hydrogens is 571 g/mol. The van der Waals surface area contributed by atoms with E-state index in [9.17, 15) is 9.90 Å². The van der Waals surface area contributed by atoms with Gasteiger partial charge in [0.05, 0.1) is 35.6 Å². The molecule has 1 atom stereocenters. The quantitative estimate of drug-likeness (QED) is 0.188. The molecule has 10 heteroatoms. The number of pyridine rings is 2. The largest absolute Gasteiger partial charge is 0.374 e. The van der Waals surface area contributed by atoms with Crippen LogP contribution < -0.4 is 10.6 Å². The summed E-state index contributed by atoms with van der Waals surface area (Å²) in [5.41, 5.74) is 2.98. The number of nitrogens with zero attached hydrogens (tertiary/aromatic N) is 4. The van der Waals surface area contributed by atoms with E-state index in [0.29, 0.717) is 43.9 Å². The molecule has 0 saturated heterocycles. The predicted molar refractivity (Wildman–Crippen MR) is 166 cm³/mol. The number of nitrogens with one attached hydrogen (secondary N) is 2. The Hall–Kier alpha value is -4.76. The molecule has 3 aromatic carbocycles. The zero-order valence-electron chi connectivity index (χ0n) is 22.3. The molecule has 0 fully saturated rings. The number of imidazole rings is 1. The van der Waals surface area contributed by atoms with Crippen molar-refractivity contribution in [1.29, 1.82) is 0 Å². The fourth-order valence-electron chi connectivity index (χ4n) is 4.98. The zero-order chi connectivity index (χ0) is 29.3. The number of urea groups is 1. The zero-order valence-corrected chi connectivity index (χ0v) is 23.8. The number of rotatable bonds is 6. The van der Waals surface area contributed by atoms with Crippen LogP contribution in [0.3, 0.4) is 0 Å². The van der Waals surface area contributed by atoms with Crippen LogP contribution in [0.15, 0.2) is 110 Å². The second kappa shape index (κ2) is 11.3. The summed E-state index contributed by atoms with van der Waals surface area (Å²) in [6.07, 6.45) is 6.46. The number of aliphatic hydroxyl groups is 1. The third-order valence-corrected chi connectivity index (χ3v) is 7.46. The number of hydrogen-bond acceptors (Lipinski definition) is 5. The second-order valence-electron chi connectivity index (χ2n) is 9.73. The highest BCUT2D eigenvalue weighted by molar-refractivity contribution is 6.31. The summed E-state index contributed by atoms with van der Waals surface area (Å²) < 4.78 is 1.78. The van der Waals surface area contributed by atoms with Crippen molar-refractivity contribution in [3.8, 4) is 11.1 Å². The average Bonchev–Trinajstić information content (AvgIpc) is 3.43. The molecule has 2 amide bonds. The number of halogens is 2. The van der Waals surface area contributed by atoms with Gasteiger partial charge < -0.3 is 15.0 Å². The Bertz CT molecular complexity index is 1910. The van der Waals surface area contributed by atoms with Crippen molar-refractivity contribution >= 4 is 51.6 Å². The van der Waals surface area contributed by atoms with Gasteiger partial charge in [-0.2, -0.15) is 0 Å². The maximum atomic E-state index is 12.8. The Balaban J connectivity index is 1.50. The molecule has 208 valence electrons. The number of carbonyl (C=O) groups excluding carboxylic acids is 1. The highest BCUT2D eigenvalue weighted by Crippen LogP contribution is 2.40. The van der Waals surface area contributed by atoms with Gasteiger partial charge in [0.15, 0.2) is 5.60 Å². The minimum Gasteiger partial charge on any atom is -0.374 e. The highest BCUT2D eigenvalue weighted by atomic mass is 35.5. The number of anilines is 2. The number of amides is 2. The topological polar surface area (TPSA) is 105 Å². The fourth-order valence-corrected chi connectivity index (χ4v) is 5.30. The molecule has 3 aromatic heterocycles. The lowest BCUT2D eigenvalue weighted by atomic mass is 9.82. The molecule has 0 saturated carbocycles. The van der Waals surface area contributed by atoms with E-state index >= 15 is 0 Å². The van der Waals surface area contributed by atoms with E-state index in [1.165, 1.54) is 0 Å². The Labute approximate surface area is 251 Å². The number of hydrogen-bond donors (Lipinski definition) is 3. The van der Waals surface area contributed by atoms with Crippen molar-refractivity contribution in [1.82, 2.24) is 19.5 Å². The molecule has 3 N–H and O–H groups in total. The molecule has 0 bridgehead atoms. The summed E-state index contributed by atoms with van der Waals surface area (Å²) in [6, 6.07) is 24.8.